The number of β-amino-alcohol motifs (C(OH)–C–C–N with tert-alkyl or cyclic N) is 1. The average Bonchev–Trinajstić information content (AvgIpc) is 3.33. The van der Waals surface area contributed by atoms with E-state index in [0.29, 0.717) is 18.6 Å². The molecule has 7 heteroatoms. The van der Waals surface area contributed by atoms with Gasteiger partial charge in [-0.15, -0.1) is 0 Å². The number of aromatic nitrogens is 4. The topological polar surface area (TPSA) is 87.2 Å². The van der Waals surface area contributed by atoms with Gasteiger partial charge in [0.1, 0.15) is 11.8 Å². The van der Waals surface area contributed by atoms with Gasteiger partial charge in [0, 0.05) is 25.6 Å². The van der Waals surface area contributed by atoms with Crippen molar-refractivity contribution in [2.24, 2.45) is 5.92 Å². The number of nitrogens with zero attached hydrogens (tertiary/aromatic N) is 4. The van der Waals surface area contributed by atoms with E-state index in [-0.39, 0.29) is 18.1 Å². The highest BCUT2D eigenvalue weighted by atomic mass is 16.5. The number of methoxy groups -OCH3 is 1. The number of anilines is 1. The molecule has 2 aromatic heterocycles. The number of rotatable bonds is 3. The molecule has 5 rings (SSSR count). The van der Waals surface area contributed by atoms with Gasteiger partial charge in [-0.05, 0) is 17.5 Å². The van der Waals surface area contributed by atoms with Gasteiger partial charge in [-0.3, -0.25) is 0 Å². The molecule has 0 amide bonds. The van der Waals surface area contributed by atoms with Crippen LogP contribution in [0, 0.1) is 5.92 Å². The third-order valence-electron chi connectivity index (χ3n) is 5.64. The summed E-state index contributed by atoms with van der Waals surface area (Å²) in [7, 11) is 1.75. The van der Waals surface area contributed by atoms with Gasteiger partial charge < -0.3 is 19.7 Å². The Labute approximate surface area is 156 Å². The number of benzene rings is 1. The fourth-order valence-electron chi connectivity index (χ4n) is 4.48. The smallest absolute Gasteiger partial charge is 0.182 e. The predicted molar refractivity (Wildman–Crippen MR) is 102 cm³/mol. The van der Waals surface area contributed by atoms with E-state index < -0.39 is 6.10 Å². The maximum absolute atomic E-state index is 10.5. The number of aliphatic hydroxyl groups is 1. The first-order valence-corrected chi connectivity index (χ1v) is 9.15. The molecule has 0 radical (unpaired) electrons. The second-order valence-corrected chi connectivity index (χ2v) is 7.13. The Hall–Kier alpha value is -2.77. The Balaban J connectivity index is 1.56. The number of H-pyrrole nitrogens is 1. The predicted octanol–water partition coefficient (Wildman–Crippen LogP) is 2.32. The molecule has 0 spiro atoms. The number of aromatic amines is 1. The van der Waals surface area contributed by atoms with Crippen LogP contribution in [0.4, 0.5) is 5.82 Å². The van der Waals surface area contributed by atoms with E-state index in [0.717, 1.165) is 11.3 Å². The summed E-state index contributed by atoms with van der Waals surface area (Å²) in [5.41, 5.74) is 3.80. The third kappa shape index (κ3) is 2.62. The first kappa shape index (κ1) is 16.4. The van der Waals surface area contributed by atoms with Gasteiger partial charge in [0.25, 0.3) is 0 Å². The van der Waals surface area contributed by atoms with Gasteiger partial charge in [0.05, 0.1) is 18.5 Å². The first-order valence-electron chi connectivity index (χ1n) is 9.15. The summed E-state index contributed by atoms with van der Waals surface area (Å²) in [5.74, 6) is 0.885. The molecule has 1 aliphatic carbocycles. The van der Waals surface area contributed by atoms with Gasteiger partial charge in [0.2, 0.25) is 0 Å². The van der Waals surface area contributed by atoms with E-state index in [1.807, 2.05) is 12.1 Å². The quantitative estimate of drug-likeness (QED) is 0.743. The standard InChI is InChI=1S/C20H21N5O2/c1-27-18-14-5-3-2-4-12(14)6-7-15(18)16-8-13(26)9-25(16)20-17-19(22-10-21-17)23-11-24-20/h2-7,10-11,13,15-16,18,26H,8-9H2,1H3,(H,21,22,23,24)/t13-,15?,16-,18?/m1/s1. The molecule has 2 N–H and O–H groups in total. The molecule has 3 heterocycles. The average molecular weight is 363 g/mol. The fourth-order valence-corrected chi connectivity index (χ4v) is 4.48. The summed E-state index contributed by atoms with van der Waals surface area (Å²) in [6, 6.07) is 8.37. The van der Waals surface area contributed by atoms with E-state index >= 15 is 0 Å². The van der Waals surface area contributed by atoms with E-state index in [2.05, 4.69) is 49.1 Å². The van der Waals surface area contributed by atoms with Crippen LogP contribution in [0.5, 0.6) is 0 Å². The summed E-state index contributed by atoms with van der Waals surface area (Å²) in [5, 5.41) is 10.5. The van der Waals surface area contributed by atoms with Crippen LogP contribution in [0.15, 0.2) is 43.0 Å². The van der Waals surface area contributed by atoms with Crippen molar-refractivity contribution < 1.29 is 9.84 Å². The van der Waals surface area contributed by atoms with Crippen molar-refractivity contribution in [1.29, 1.82) is 0 Å². The highest BCUT2D eigenvalue weighted by Gasteiger charge is 2.42. The highest BCUT2D eigenvalue weighted by Crippen LogP contribution is 2.42. The summed E-state index contributed by atoms with van der Waals surface area (Å²) in [6.07, 6.45) is 7.70. The van der Waals surface area contributed by atoms with E-state index in [9.17, 15) is 5.11 Å². The molecule has 7 nitrogen and oxygen atoms in total. The van der Waals surface area contributed by atoms with Crippen molar-refractivity contribution in [1.82, 2.24) is 19.9 Å². The van der Waals surface area contributed by atoms with Gasteiger partial charge in [-0.1, -0.05) is 36.4 Å². The molecule has 2 unspecified atom stereocenters. The summed E-state index contributed by atoms with van der Waals surface area (Å²) in [6.45, 7) is 0.526. The van der Waals surface area contributed by atoms with Gasteiger partial charge in [-0.25, -0.2) is 15.0 Å². The number of fused-ring (bicyclic) bond motifs is 2. The molecule has 1 fully saturated rings. The third-order valence-corrected chi connectivity index (χ3v) is 5.64. The second-order valence-electron chi connectivity index (χ2n) is 7.13. The van der Waals surface area contributed by atoms with E-state index in [4.69, 9.17) is 4.74 Å². The zero-order valence-corrected chi connectivity index (χ0v) is 15.0. The summed E-state index contributed by atoms with van der Waals surface area (Å²) < 4.78 is 5.92. The van der Waals surface area contributed by atoms with Crippen LogP contribution in [0.3, 0.4) is 0 Å². The van der Waals surface area contributed by atoms with Crippen molar-refractivity contribution in [3.8, 4) is 0 Å². The molecule has 0 bridgehead atoms. The highest BCUT2D eigenvalue weighted by molar-refractivity contribution is 5.83. The number of hydrogen-bond acceptors (Lipinski definition) is 6. The zero-order valence-electron chi connectivity index (χ0n) is 15.0. The number of aliphatic hydroxyl groups excluding tert-OH is 1. The van der Waals surface area contributed by atoms with Crippen LogP contribution in [0.25, 0.3) is 17.2 Å². The van der Waals surface area contributed by atoms with E-state index in [1.165, 1.54) is 17.5 Å². The minimum absolute atomic E-state index is 0.0657. The van der Waals surface area contributed by atoms with Crippen LogP contribution >= 0.6 is 0 Å². The second kappa shape index (κ2) is 6.44. The molecule has 2 aliphatic rings. The lowest BCUT2D eigenvalue weighted by molar-refractivity contribution is 0.0558. The normalized spacial score (nSPS) is 27.3. The zero-order chi connectivity index (χ0) is 18.4. The molecule has 3 aromatic rings. The maximum Gasteiger partial charge on any atom is 0.182 e. The van der Waals surface area contributed by atoms with Crippen LogP contribution in [-0.4, -0.2) is 50.8 Å². The Morgan fingerprint density at radius 1 is 1.22 bits per heavy atom. The molecule has 1 aromatic carbocycles. The van der Waals surface area contributed by atoms with Crippen LogP contribution in [-0.2, 0) is 4.74 Å². The van der Waals surface area contributed by atoms with Crippen molar-refractivity contribution in [3.63, 3.8) is 0 Å². The lowest BCUT2D eigenvalue weighted by Gasteiger charge is -2.37. The molecule has 1 saturated heterocycles. The van der Waals surface area contributed by atoms with Crippen molar-refractivity contribution in [2.75, 3.05) is 18.6 Å². The number of imidazole rings is 1. The van der Waals surface area contributed by atoms with Crippen LogP contribution in [0.1, 0.15) is 23.7 Å². The molecular formula is C20H21N5O2. The maximum atomic E-state index is 10.5. The van der Waals surface area contributed by atoms with Crippen molar-refractivity contribution >= 4 is 23.1 Å². The van der Waals surface area contributed by atoms with E-state index in [1.54, 1.807) is 13.4 Å². The Morgan fingerprint density at radius 3 is 3.00 bits per heavy atom. The molecule has 1 aliphatic heterocycles. The van der Waals surface area contributed by atoms with Gasteiger partial charge >= 0.3 is 0 Å². The monoisotopic (exact) mass is 363 g/mol. The Kier molecular flexibility index (Phi) is 3.91. The molecule has 0 saturated carbocycles. The van der Waals surface area contributed by atoms with Gasteiger partial charge in [-0.2, -0.15) is 0 Å². The molecular weight excluding hydrogens is 342 g/mol. The van der Waals surface area contributed by atoms with Crippen LogP contribution in [0.2, 0.25) is 0 Å². The number of nitrogens with one attached hydrogen (secondary N) is 1. The largest absolute Gasteiger partial charge is 0.391 e. The van der Waals surface area contributed by atoms with Crippen molar-refractivity contribution in [2.45, 2.75) is 24.7 Å². The fraction of sp³-hybridized carbons (Fsp3) is 0.350. The van der Waals surface area contributed by atoms with Crippen molar-refractivity contribution in [3.05, 3.63) is 54.1 Å². The molecule has 27 heavy (non-hydrogen) atoms. The first-order chi connectivity index (χ1) is 13.3. The minimum atomic E-state index is -0.411. The molecule has 138 valence electrons. The van der Waals surface area contributed by atoms with Crippen LogP contribution < -0.4 is 4.90 Å². The number of ether oxygens (including phenoxy) is 1. The number of hydrogen-bond donors (Lipinski definition) is 2. The lowest BCUT2D eigenvalue weighted by atomic mass is 9.81. The summed E-state index contributed by atoms with van der Waals surface area (Å²) in [4.78, 5) is 18.3. The van der Waals surface area contributed by atoms with Gasteiger partial charge in [0.15, 0.2) is 11.5 Å². The minimum Gasteiger partial charge on any atom is -0.391 e. The Bertz CT molecular complexity index is 1000. The summed E-state index contributed by atoms with van der Waals surface area (Å²) >= 11 is 0. The lowest BCUT2D eigenvalue weighted by Crippen LogP contribution is -2.39. The molecule has 4 atom stereocenters. The Morgan fingerprint density at radius 2 is 2.11 bits per heavy atom. The SMILES string of the molecule is COC1c2ccccc2C=CC1[C@H]1C[C@@H](O)CN1c1ncnc2nc[nH]c12.